The van der Waals surface area contributed by atoms with Crippen molar-refractivity contribution in [2.24, 2.45) is 5.73 Å². The van der Waals surface area contributed by atoms with Gasteiger partial charge in [-0.3, -0.25) is 4.79 Å². The molecule has 5 heteroatoms. The maximum absolute atomic E-state index is 11.1. The minimum atomic E-state index is -3.01. The summed E-state index contributed by atoms with van der Waals surface area (Å²) in [5.74, 6) is -0.100. The second-order valence-electron chi connectivity index (χ2n) is 2.64. The molecule has 0 amide bonds. The lowest BCUT2D eigenvalue weighted by atomic mass is 10.3. The maximum Gasteiger partial charge on any atom is 0.150 e. The van der Waals surface area contributed by atoms with Gasteiger partial charge >= 0.3 is 0 Å². The molecule has 0 unspecified atom stereocenters. The molecule has 0 spiro atoms. The van der Waals surface area contributed by atoms with Crippen LogP contribution in [0, 0.1) is 0 Å². The lowest BCUT2D eigenvalue weighted by molar-refractivity contribution is -0.117. The average molecular weight is 193 g/mol. The predicted molar refractivity (Wildman–Crippen MR) is 47.6 cm³/mol. The summed E-state index contributed by atoms with van der Waals surface area (Å²) in [7, 11) is -3.01. The summed E-state index contributed by atoms with van der Waals surface area (Å²) >= 11 is 0. The Labute approximate surface area is 73.1 Å². The lowest BCUT2D eigenvalue weighted by Gasteiger charge is -2.00. The van der Waals surface area contributed by atoms with E-state index in [0.29, 0.717) is 6.42 Å². The lowest BCUT2D eigenvalue weighted by Crippen LogP contribution is -2.19. The van der Waals surface area contributed by atoms with Crippen molar-refractivity contribution in [3.05, 3.63) is 0 Å². The third-order valence-corrected chi connectivity index (χ3v) is 3.29. The molecule has 0 radical (unpaired) electrons. The van der Waals surface area contributed by atoms with Crippen LogP contribution in [-0.2, 0) is 14.6 Å². The molecule has 0 saturated heterocycles. The van der Waals surface area contributed by atoms with Gasteiger partial charge in [0.25, 0.3) is 0 Å². The summed E-state index contributed by atoms with van der Waals surface area (Å²) < 4.78 is 22.1. The number of sulfone groups is 1. The fourth-order valence-corrected chi connectivity index (χ4v) is 2.15. The molecule has 0 aliphatic heterocycles. The molecule has 2 N–H and O–H groups in total. The SMILES string of the molecule is CCCS(=O)(=O)CCC(=O)CN. The number of rotatable bonds is 6. The summed E-state index contributed by atoms with van der Waals surface area (Å²) in [6, 6.07) is 0. The van der Waals surface area contributed by atoms with Crippen molar-refractivity contribution in [1.82, 2.24) is 0 Å². The second kappa shape index (κ2) is 5.27. The number of ketones is 1. The molecule has 0 heterocycles. The Balaban J connectivity index is 3.84. The zero-order valence-corrected chi connectivity index (χ0v) is 8.06. The summed E-state index contributed by atoms with van der Waals surface area (Å²) in [5.41, 5.74) is 5.03. The van der Waals surface area contributed by atoms with Crippen molar-refractivity contribution >= 4 is 15.6 Å². The zero-order valence-electron chi connectivity index (χ0n) is 7.25. The van der Waals surface area contributed by atoms with Crippen LogP contribution in [0.15, 0.2) is 0 Å². The van der Waals surface area contributed by atoms with Crippen molar-refractivity contribution in [2.45, 2.75) is 19.8 Å². The van der Waals surface area contributed by atoms with Gasteiger partial charge in [-0.15, -0.1) is 0 Å². The number of nitrogens with two attached hydrogens (primary N) is 1. The molecular weight excluding hydrogens is 178 g/mol. The molecule has 12 heavy (non-hydrogen) atoms. The molecular formula is C7H15NO3S. The van der Waals surface area contributed by atoms with E-state index in [0.717, 1.165) is 0 Å². The first-order chi connectivity index (χ1) is 5.52. The number of Topliss-reactive ketones (excluding diaryl/α,β-unsaturated/α-hetero) is 1. The third kappa shape index (κ3) is 5.26. The summed E-state index contributed by atoms with van der Waals surface area (Å²) in [6.45, 7) is 1.73. The summed E-state index contributed by atoms with van der Waals surface area (Å²) in [6.07, 6.45) is 0.651. The van der Waals surface area contributed by atoms with E-state index in [1.807, 2.05) is 0 Å². The van der Waals surface area contributed by atoms with Gasteiger partial charge in [-0.2, -0.15) is 0 Å². The number of carbonyl (C=O) groups excluding carboxylic acids is 1. The first-order valence-corrected chi connectivity index (χ1v) is 5.76. The highest BCUT2D eigenvalue weighted by Gasteiger charge is 2.10. The van der Waals surface area contributed by atoms with Crippen molar-refractivity contribution in [2.75, 3.05) is 18.1 Å². The average Bonchev–Trinajstić information content (AvgIpc) is 2.00. The van der Waals surface area contributed by atoms with Crippen LogP contribution >= 0.6 is 0 Å². The van der Waals surface area contributed by atoms with Crippen LogP contribution in [-0.4, -0.2) is 32.3 Å². The third-order valence-electron chi connectivity index (χ3n) is 1.43. The van der Waals surface area contributed by atoms with Crippen molar-refractivity contribution in [3.63, 3.8) is 0 Å². The second-order valence-corrected chi connectivity index (χ2v) is 4.95. The molecule has 0 bridgehead atoms. The molecule has 0 aliphatic carbocycles. The van der Waals surface area contributed by atoms with Gasteiger partial charge in [-0.25, -0.2) is 8.42 Å². The Bertz CT molecular complexity index is 233. The number of hydrogen-bond donors (Lipinski definition) is 1. The molecule has 0 aliphatic rings. The Morgan fingerprint density at radius 1 is 1.33 bits per heavy atom. The molecule has 0 rings (SSSR count). The van der Waals surface area contributed by atoms with Crippen LogP contribution in [0.4, 0.5) is 0 Å². The molecule has 0 aromatic rings. The van der Waals surface area contributed by atoms with Gasteiger partial charge in [0.1, 0.15) is 5.78 Å². The van der Waals surface area contributed by atoms with Gasteiger partial charge in [0.2, 0.25) is 0 Å². The monoisotopic (exact) mass is 193 g/mol. The first kappa shape index (κ1) is 11.6. The van der Waals surface area contributed by atoms with Gasteiger partial charge in [0.05, 0.1) is 12.3 Å². The van der Waals surface area contributed by atoms with Crippen LogP contribution in [0.5, 0.6) is 0 Å². The Hall–Kier alpha value is -0.420. The molecule has 0 fully saturated rings. The smallest absolute Gasteiger partial charge is 0.150 e. The Morgan fingerprint density at radius 3 is 2.33 bits per heavy atom. The molecule has 0 aromatic heterocycles. The highest BCUT2D eigenvalue weighted by molar-refractivity contribution is 7.91. The van der Waals surface area contributed by atoms with Gasteiger partial charge < -0.3 is 5.73 Å². The molecule has 4 nitrogen and oxygen atoms in total. The van der Waals surface area contributed by atoms with Crippen molar-refractivity contribution in [3.8, 4) is 0 Å². The molecule has 0 saturated carbocycles. The molecule has 0 atom stereocenters. The van der Waals surface area contributed by atoms with Gasteiger partial charge in [0.15, 0.2) is 9.84 Å². The minimum absolute atomic E-state index is 0.0544. The largest absolute Gasteiger partial charge is 0.324 e. The Kier molecular flexibility index (Phi) is 5.08. The Morgan fingerprint density at radius 2 is 1.92 bits per heavy atom. The van der Waals surface area contributed by atoms with E-state index in [1.54, 1.807) is 6.92 Å². The summed E-state index contributed by atoms with van der Waals surface area (Å²) in [5, 5.41) is 0. The minimum Gasteiger partial charge on any atom is -0.324 e. The van der Waals surface area contributed by atoms with Crippen molar-refractivity contribution < 1.29 is 13.2 Å². The fourth-order valence-electron chi connectivity index (χ4n) is 0.784. The number of hydrogen-bond acceptors (Lipinski definition) is 4. The quantitative estimate of drug-likeness (QED) is 0.630. The normalized spacial score (nSPS) is 11.5. The first-order valence-electron chi connectivity index (χ1n) is 3.94. The van der Waals surface area contributed by atoms with Crippen LogP contribution in [0.3, 0.4) is 0 Å². The predicted octanol–water partition coefficient (Wildman–Crippen LogP) is -0.271. The van der Waals surface area contributed by atoms with Crippen molar-refractivity contribution in [1.29, 1.82) is 0 Å². The van der Waals surface area contributed by atoms with E-state index >= 15 is 0 Å². The van der Waals surface area contributed by atoms with Crippen LogP contribution < -0.4 is 5.73 Å². The van der Waals surface area contributed by atoms with Crippen LogP contribution in [0.25, 0.3) is 0 Å². The molecule has 72 valence electrons. The molecule has 0 aromatic carbocycles. The van der Waals surface area contributed by atoms with E-state index in [-0.39, 0.29) is 30.3 Å². The van der Waals surface area contributed by atoms with Gasteiger partial charge in [0, 0.05) is 12.2 Å². The van der Waals surface area contributed by atoms with Crippen LogP contribution in [0.2, 0.25) is 0 Å². The standard InChI is InChI=1S/C7H15NO3S/c1-2-4-12(10,11)5-3-7(9)6-8/h2-6,8H2,1H3. The van der Waals surface area contributed by atoms with E-state index < -0.39 is 9.84 Å². The van der Waals surface area contributed by atoms with E-state index in [1.165, 1.54) is 0 Å². The highest BCUT2D eigenvalue weighted by atomic mass is 32.2. The number of carbonyl (C=O) groups is 1. The van der Waals surface area contributed by atoms with Crippen LogP contribution in [0.1, 0.15) is 19.8 Å². The van der Waals surface area contributed by atoms with Gasteiger partial charge in [-0.05, 0) is 6.42 Å². The zero-order chi connectivity index (χ0) is 9.61. The van der Waals surface area contributed by atoms with E-state index in [4.69, 9.17) is 5.73 Å². The van der Waals surface area contributed by atoms with E-state index in [2.05, 4.69) is 0 Å². The van der Waals surface area contributed by atoms with Gasteiger partial charge in [-0.1, -0.05) is 6.92 Å². The highest BCUT2D eigenvalue weighted by Crippen LogP contribution is 1.96. The maximum atomic E-state index is 11.1. The topological polar surface area (TPSA) is 77.2 Å². The van der Waals surface area contributed by atoms with E-state index in [9.17, 15) is 13.2 Å². The fraction of sp³-hybridized carbons (Fsp3) is 0.857. The summed E-state index contributed by atoms with van der Waals surface area (Å²) in [4.78, 5) is 10.7.